The number of aromatic amines is 1. The second-order valence-corrected chi connectivity index (χ2v) is 10.7. The predicted octanol–water partition coefficient (Wildman–Crippen LogP) is 4.68. The largest absolute Gasteiger partial charge is 0.446 e. The van der Waals surface area contributed by atoms with E-state index in [1.807, 2.05) is 36.4 Å². The zero-order valence-corrected chi connectivity index (χ0v) is 23.4. The average Bonchev–Trinajstić information content (AvgIpc) is 3.60. The molecule has 0 spiro atoms. The number of esters is 1. The molecule has 2 atom stereocenters. The molecule has 2 N–H and O–H groups in total. The highest BCUT2D eigenvalue weighted by Gasteiger charge is 2.54. The van der Waals surface area contributed by atoms with Gasteiger partial charge in [0.05, 0.1) is 24.2 Å². The Hall–Kier alpha value is -4.74. The average molecular weight is 571 g/mol. The number of amides is 2. The van der Waals surface area contributed by atoms with E-state index in [-0.39, 0.29) is 31.1 Å². The smallest absolute Gasteiger partial charge is 0.414 e. The summed E-state index contributed by atoms with van der Waals surface area (Å²) in [5.74, 6) is -1.36. The lowest BCUT2D eigenvalue weighted by atomic mass is 9.92. The van der Waals surface area contributed by atoms with Gasteiger partial charge in [0.2, 0.25) is 11.7 Å². The lowest BCUT2D eigenvalue weighted by Gasteiger charge is -2.38. The summed E-state index contributed by atoms with van der Waals surface area (Å²) in [6.45, 7) is 5.46. The number of H-pyrrole nitrogens is 1. The fourth-order valence-corrected chi connectivity index (χ4v) is 5.46. The third kappa shape index (κ3) is 5.08. The van der Waals surface area contributed by atoms with Crippen LogP contribution in [-0.2, 0) is 36.0 Å². The fraction of sp³-hybridized carbons (Fsp3) is 0.290. The van der Waals surface area contributed by atoms with Crippen LogP contribution in [0.1, 0.15) is 47.8 Å². The van der Waals surface area contributed by atoms with Crippen molar-refractivity contribution in [1.29, 1.82) is 0 Å². The van der Waals surface area contributed by atoms with E-state index in [0.717, 1.165) is 5.56 Å². The predicted molar refractivity (Wildman–Crippen MR) is 151 cm³/mol. The van der Waals surface area contributed by atoms with E-state index in [1.165, 1.54) is 6.92 Å². The summed E-state index contributed by atoms with van der Waals surface area (Å²) >= 11 is 0. The summed E-state index contributed by atoms with van der Waals surface area (Å²) in [5.41, 5.74) is 2.00. The maximum atomic E-state index is 13.8. The maximum absolute atomic E-state index is 13.8. The molecule has 2 amide bonds. The third-order valence-electron chi connectivity index (χ3n) is 7.18. The summed E-state index contributed by atoms with van der Waals surface area (Å²) in [6, 6.07) is 21.9. The minimum atomic E-state index is -1.53. The molecule has 0 bridgehead atoms. The molecule has 1 fully saturated rings. The van der Waals surface area contributed by atoms with E-state index in [2.05, 4.69) is 15.3 Å². The van der Waals surface area contributed by atoms with Gasteiger partial charge in [-0.2, -0.15) is 0 Å². The fourth-order valence-electron chi connectivity index (χ4n) is 5.46. The molecular formula is C31H30N4O7. The van der Waals surface area contributed by atoms with Crippen molar-refractivity contribution in [1.82, 2.24) is 14.9 Å². The van der Waals surface area contributed by atoms with Crippen molar-refractivity contribution in [3.05, 3.63) is 95.1 Å². The van der Waals surface area contributed by atoms with Gasteiger partial charge in [0, 0.05) is 23.6 Å². The number of nitrogens with one attached hydrogen (secondary N) is 2. The molecule has 0 aliphatic carbocycles. The van der Waals surface area contributed by atoms with Gasteiger partial charge in [-0.15, -0.1) is 0 Å². The van der Waals surface area contributed by atoms with E-state index in [9.17, 15) is 14.4 Å². The molecule has 0 radical (unpaired) electrons. The third-order valence-corrected chi connectivity index (χ3v) is 7.18. The lowest BCUT2D eigenvalue weighted by Crippen LogP contribution is -2.47. The van der Waals surface area contributed by atoms with Gasteiger partial charge in [-0.25, -0.2) is 9.78 Å². The number of rotatable bonds is 7. The molecule has 1 unspecified atom stereocenters. The van der Waals surface area contributed by atoms with Gasteiger partial charge in [-0.05, 0) is 37.6 Å². The zero-order chi connectivity index (χ0) is 29.5. The Labute approximate surface area is 241 Å². The number of hydrogen-bond donors (Lipinski definition) is 2. The SMILES string of the molecule is CC(=O)OC1(c2ccc3nc(NC(=O)OC[C@@H]4COC(C)(C)O4)[nH]c3c2)c2ccccc2C(=O)N1Cc1ccccc1. The first-order valence-electron chi connectivity index (χ1n) is 13.6. The van der Waals surface area contributed by atoms with Crippen LogP contribution < -0.4 is 5.32 Å². The Bertz CT molecular complexity index is 1670. The number of fused-ring (bicyclic) bond motifs is 2. The second-order valence-electron chi connectivity index (χ2n) is 10.7. The first-order valence-corrected chi connectivity index (χ1v) is 13.6. The molecule has 3 aromatic carbocycles. The van der Waals surface area contributed by atoms with E-state index in [4.69, 9.17) is 18.9 Å². The number of aromatic nitrogens is 2. The Kier molecular flexibility index (Phi) is 6.91. The van der Waals surface area contributed by atoms with Crippen molar-refractivity contribution < 1.29 is 33.3 Å². The summed E-state index contributed by atoms with van der Waals surface area (Å²) < 4.78 is 22.5. The monoisotopic (exact) mass is 570 g/mol. The van der Waals surface area contributed by atoms with Gasteiger partial charge in [-0.3, -0.25) is 19.8 Å². The molecular weight excluding hydrogens is 540 g/mol. The Morgan fingerprint density at radius 3 is 2.60 bits per heavy atom. The summed E-state index contributed by atoms with van der Waals surface area (Å²) in [7, 11) is 0. The van der Waals surface area contributed by atoms with Crippen LogP contribution in [0.4, 0.5) is 10.7 Å². The molecule has 1 aromatic heterocycles. The molecule has 42 heavy (non-hydrogen) atoms. The standard InChI is InChI=1S/C31H30N4O7/c1-19(36)41-31(24-12-8-7-11-23(24)27(37)35(31)16-20-9-5-4-6-10-20)21-13-14-25-26(15-21)33-28(32-25)34-29(38)39-17-22-18-40-30(2,3)42-22/h4-15,22H,16-18H2,1-3H3,(H2,32,33,34,38)/t22-,31?/m1/s1. The molecule has 11 nitrogen and oxygen atoms in total. The van der Waals surface area contributed by atoms with Gasteiger partial charge in [-0.1, -0.05) is 54.6 Å². The number of ether oxygens (including phenoxy) is 4. The minimum absolute atomic E-state index is 0.0230. The van der Waals surface area contributed by atoms with Gasteiger partial charge in [0.15, 0.2) is 5.79 Å². The lowest BCUT2D eigenvalue weighted by molar-refractivity contribution is -0.168. The summed E-state index contributed by atoms with van der Waals surface area (Å²) in [4.78, 5) is 47.9. The van der Waals surface area contributed by atoms with Gasteiger partial charge >= 0.3 is 12.1 Å². The first kappa shape index (κ1) is 27.4. The molecule has 216 valence electrons. The number of benzene rings is 3. The van der Waals surface area contributed by atoms with Gasteiger partial charge in [0.1, 0.15) is 12.7 Å². The zero-order valence-electron chi connectivity index (χ0n) is 23.4. The van der Waals surface area contributed by atoms with Crippen LogP contribution in [0.5, 0.6) is 0 Å². The van der Waals surface area contributed by atoms with E-state index < -0.39 is 23.6 Å². The molecule has 0 saturated carbocycles. The van der Waals surface area contributed by atoms with Crippen molar-refractivity contribution in [3.63, 3.8) is 0 Å². The van der Waals surface area contributed by atoms with Gasteiger partial charge < -0.3 is 23.9 Å². The highest BCUT2D eigenvalue weighted by atomic mass is 16.7. The summed E-state index contributed by atoms with van der Waals surface area (Å²) in [6.07, 6.45) is -1.07. The van der Waals surface area contributed by atoms with Crippen LogP contribution in [0.25, 0.3) is 11.0 Å². The molecule has 11 heteroatoms. The van der Waals surface area contributed by atoms with Crippen LogP contribution in [0, 0.1) is 0 Å². The maximum Gasteiger partial charge on any atom is 0.414 e. The van der Waals surface area contributed by atoms with E-state index >= 15 is 0 Å². The number of carbonyl (C=O) groups excluding carboxylic acids is 3. The Balaban J connectivity index is 1.32. The molecule has 4 aromatic rings. The number of imidazole rings is 1. The highest BCUT2D eigenvalue weighted by Crippen LogP contribution is 2.46. The van der Waals surface area contributed by atoms with E-state index in [1.54, 1.807) is 55.1 Å². The Morgan fingerprint density at radius 1 is 1.10 bits per heavy atom. The molecule has 2 aliphatic heterocycles. The van der Waals surface area contributed by atoms with Crippen LogP contribution in [-0.4, -0.2) is 57.9 Å². The van der Waals surface area contributed by atoms with Crippen molar-refractivity contribution in [2.24, 2.45) is 0 Å². The van der Waals surface area contributed by atoms with Crippen molar-refractivity contribution in [2.75, 3.05) is 18.5 Å². The number of nitrogens with zero attached hydrogens (tertiary/aromatic N) is 2. The van der Waals surface area contributed by atoms with Crippen molar-refractivity contribution in [2.45, 2.75) is 44.9 Å². The van der Waals surface area contributed by atoms with Crippen LogP contribution in [0.15, 0.2) is 72.8 Å². The van der Waals surface area contributed by atoms with Crippen molar-refractivity contribution >= 4 is 35.0 Å². The van der Waals surface area contributed by atoms with Crippen LogP contribution >= 0.6 is 0 Å². The molecule has 6 rings (SSSR count). The first-order chi connectivity index (χ1) is 20.1. The topological polar surface area (TPSA) is 132 Å². The quantitative estimate of drug-likeness (QED) is 0.306. The Morgan fingerprint density at radius 2 is 1.86 bits per heavy atom. The van der Waals surface area contributed by atoms with Crippen LogP contribution in [0.3, 0.4) is 0 Å². The highest BCUT2D eigenvalue weighted by molar-refractivity contribution is 6.01. The van der Waals surface area contributed by atoms with Crippen molar-refractivity contribution in [3.8, 4) is 0 Å². The normalized spacial score (nSPS) is 20.9. The molecule has 2 aliphatic rings. The van der Waals surface area contributed by atoms with E-state index in [0.29, 0.717) is 34.3 Å². The summed E-state index contributed by atoms with van der Waals surface area (Å²) in [5, 5.41) is 2.60. The number of hydrogen-bond acceptors (Lipinski definition) is 8. The van der Waals surface area contributed by atoms with Crippen LogP contribution in [0.2, 0.25) is 0 Å². The number of anilines is 1. The number of carbonyl (C=O) groups is 3. The molecule has 3 heterocycles. The minimum Gasteiger partial charge on any atom is -0.446 e. The molecule has 1 saturated heterocycles. The second kappa shape index (κ2) is 10.6. The van der Waals surface area contributed by atoms with Gasteiger partial charge in [0.25, 0.3) is 5.91 Å².